The lowest BCUT2D eigenvalue weighted by atomic mass is 10.0. The van der Waals surface area contributed by atoms with Crippen molar-refractivity contribution >= 4 is 17.5 Å². The highest BCUT2D eigenvalue weighted by molar-refractivity contribution is 6.30. The van der Waals surface area contributed by atoms with E-state index in [9.17, 15) is 4.79 Å². The van der Waals surface area contributed by atoms with Crippen LogP contribution in [0, 0.1) is 0 Å². The first-order valence-electron chi connectivity index (χ1n) is 10.4. The molecule has 156 valence electrons. The number of nitrogens with one attached hydrogen (secondary N) is 1. The van der Waals surface area contributed by atoms with E-state index in [2.05, 4.69) is 32.5 Å². The van der Waals surface area contributed by atoms with Gasteiger partial charge in [0.2, 0.25) is 0 Å². The van der Waals surface area contributed by atoms with Gasteiger partial charge in [0.1, 0.15) is 12.7 Å². The van der Waals surface area contributed by atoms with Gasteiger partial charge in [-0.25, -0.2) is 0 Å². The van der Waals surface area contributed by atoms with Crippen molar-refractivity contribution in [1.82, 2.24) is 25.0 Å². The third-order valence-corrected chi connectivity index (χ3v) is 5.89. The van der Waals surface area contributed by atoms with Gasteiger partial charge in [-0.15, -0.1) is 10.2 Å². The average molecular weight is 424 g/mol. The van der Waals surface area contributed by atoms with Gasteiger partial charge in [0.15, 0.2) is 0 Å². The van der Waals surface area contributed by atoms with Gasteiger partial charge < -0.3 is 5.32 Å². The van der Waals surface area contributed by atoms with Crippen molar-refractivity contribution in [2.24, 2.45) is 0 Å². The standard InChI is InChI=1S/C23H26ClN5O/c24-20-9-5-18(6-10-20)22(28-13-3-1-2-4-14-28)15-25-23(30)19-7-11-21(12-8-19)29-16-26-27-17-29/h5-12,16-17,22H,1-4,13-15H2,(H,25,30)/t22-/m1/s1. The van der Waals surface area contributed by atoms with E-state index in [1.165, 1.54) is 31.2 Å². The first-order valence-corrected chi connectivity index (χ1v) is 10.8. The van der Waals surface area contributed by atoms with Crippen LogP contribution in [-0.2, 0) is 0 Å². The number of amides is 1. The summed E-state index contributed by atoms with van der Waals surface area (Å²) in [4.78, 5) is 15.3. The van der Waals surface area contributed by atoms with Crippen LogP contribution in [0.5, 0.6) is 0 Å². The van der Waals surface area contributed by atoms with Crippen molar-refractivity contribution in [2.45, 2.75) is 31.7 Å². The predicted molar refractivity (Wildman–Crippen MR) is 118 cm³/mol. The summed E-state index contributed by atoms with van der Waals surface area (Å²) in [5, 5.41) is 11.5. The Labute approximate surface area is 181 Å². The monoisotopic (exact) mass is 423 g/mol. The molecule has 1 atom stereocenters. The number of rotatable bonds is 6. The van der Waals surface area contributed by atoms with Crippen LogP contribution in [0.2, 0.25) is 5.02 Å². The fourth-order valence-corrected chi connectivity index (χ4v) is 4.09. The molecule has 6 nitrogen and oxygen atoms in total. The molecule has 1 saturated heterocycles. The number of carbonyl (C=O) groups excluding carboxylic acids is 1. The number of benzene rings is 2. The van der Waals surface area contributed by atoms with E-state index in [1.54, 1.807) is 17.2 Å². The van der Waals surface area contributed by atoms with Crippen molar-refractivity contribution < 1.29 is 4.79 Å². The molecule has 0 saturated carbocycles. The molecule has 1 amide bonds. The van der Waals surface area contributed by atoms with Gasteiger partial charge >= 0.3 is 0 Å². The van der Waals surface area contributed by atoms with Crippen molar-refractivity contribution in [2.75, 3.05) is 19.6 Å². The second-order valence-corrected chi connectivity index (χ2v) is 8.08. The van der Waals surface area contributed by atoms with Crippen LogP contribution in [0.25, 0.3) is 5.69 Å². The number of halogens is 1. The first kappa shape index (κ1) is 20.6. The summed E-state index contributed by atoms with van der Waals surface area (Å²) < 4.78 is 1.80. The zero-order valence-electron chi connectivity index (χ0n) is 16.9. The number of carbonyl (C=O) groups is 1. The maximum Gasteiger partial charge on any atom is 0.251 e. The van der Waals surface area contributed by atoms with Crippen LogP contribution < -0.4 is 5.32 Å². The topological polar surface area (TPSA) is 63.1 Å². The molecule has 0 aliphatic carbocycles. The molecule has 7 heteroatoms. The Balaban J connectivity index is 1.45. The molecule has 0 radical (unpaired) electrons. The Kier molecular flexibility index (Phi) is 6.77. The number of aromatic nitrogens is 3. The molecular weight excluding hydrogens is 398 g/mol. The SMILES string of the molecule is O=C(NC[C@H](c1ccc(Cl)cc1)N1CCCCCC1)c1ccc(-n2cnnc2)cc1. The molecule has 0 bridgehead atoms. The summed E-state index contributed by atoms with van der Waals surface area (Å²) in [6, 6.07) is 15.6. The van der Waals surface area contributed by atoms with Crippen LogP contribution in [-0.4, -0.2) is 45.2 Å². The molecule has 0 spiro atoms. The minimum absolute atomic E-state index is 0.0703. The van der Waals surface area contributed by atoms with E-state index in [0.29, 0.717) is 12.1 Å². The molecule has 4 rings (SSSR count). The molecule has 1 aliphatic heterocycles. The molecule has 1 aliphatic rings. The molecule has 30 heavy (non-hydrogen) atoms. The molecule has 3 aromatic rings. The summed E-state index contributed by atoms with van der Waals surface area (Å²) in [6.07, 6.45) is 8.20. The molecule has 1 N–H and O–H groups in total. The van der Waals surface area contributed by atoms with Gasteiger partial charge in [0.05, 0.1) is 6.04 Å². The first-order chi connectivity index (χ1) is 14.7. The lowest BCUT2D eigenvalue weighted by molar-refractivity contribution is 0.0933. The van der Waals surface area contributed by atoms with Crippen LogP contribution in [0.4, 0.5) is 0 Å². The van der Waals surface area contributed by atoms with E-state index in [1.807, 2.05) is 36.4 Å². The molecular formula is C23H26ClN5O. The molecule has 1 aromatic heterocycles. The zero-order chi connectivity index (χ0) is 20.8. The van der Waals surface area contributed by atoms with E-state index in [0.717, 1.165) is 23.8 Å². The molecule has 1 fully saturated rings. The number of hydrogen-bond acceptors (Lipinski definition) is 4. The average Bonchev–Trinajstić information content (AvgIpc) is 3.19. The number of nitrogens with zero attached hydrogens (tertiary/aromatic N) is 4. The Hall–Kier alpha value is -2.70. The third kappa shape index (κ3) is 5.07. The number of hydrogen-bond donors (Lipinski definition) is 1. The smallest absolute Gasteiger partial charge is 0.251 e. The van der Waals surface area contributed by atoms with Crippen LogP contribution >= 0.6 is 11.6 Å². The summed E-state index contributed by atoms with van der Waals surface area (Å²) in [6.45, 7) is 2.67. The molecule has 0 unspecified atom stereocenters. The van der Waals surface area contributed by atoms with Crippen LogP contribution in [0.3, 0.4) is 0 Å². The van der Waals surface area contributed by atoms with Gasteiger partial charge in [-0.05, 0) is 67.9 Å². The maximum atomic E-state index is 12.8. The van der Waals surface area contributed by atoms with Gasteiger partial charge in [-0.2, -0.15) is 0 Å². The lowest BCUT2D eigenvalue weighted by Gasteiger charge is -2.31. The van der Waals surface area contributed by atoms with E-state index in [4.69, 9.17) is 11.6 Å². The fraction of sp³-hybridized carbons (Fsp3) is 0.348. The summed E-state index contributed by atoms with van der Waals surface area (Å²) in [5.41, 5.74) is 2.74. The summed E-state index contributed by atoms with van der Waals surface area (Å²) >= 11 is 6.09. The zero-order valence-corrected chi connectivity index (χ0v) is 17.6. The maximum absolute atomic E-state index is 12.8. The Morgan fingerprint density at radius 2 is 1.57 bits per heavy atom. The molecule has 2 heterocycles. The minimum atomic E-state index is -0.0703. The van der Waals surface area contributed by atoms with Crippen molar-refractivity contribution in [3.63, 3.8) is 0 Å². The predicted octanol–water partition coefficient (Wildman–Crippen LogP) is 4.27. The molecule has 2 aromatic carbocycles. The van der Waals surface area contributed by atoms with Crippen molar-refractivity contribution in [1.29, 1.82) is 0 Å². The summed E-state index contributed by atoms with van der Waals surface area (Å²) in [7, 11) is 0. The van der Waals surface area contributed by atoms with Gasteiger partial charge in [0, 0.05) is 22.8 Å². The van der Waals surface area contributed by atoms with E-state index >= 15 is 0 Å². The highest BCUT2D eigenvalue weighted by Gasteiger charge is 2.22. The van der Waals surface area contributed by atoms with Gasteiger partial charge in [0.25, 0.3) is 5.91 Å². The third-order valence-electron chi connectivity index (χ3n) is 5.64. The van der Waals surface area contributed by atoms with Crippen molar-refractivity contribution in [3.05, 3.63) is 77.3 Å². The normalized spacial score (nSPS) is 16.0. The largest absolute Gasteiger partial charge is 0.350 e. The van der Waals surface area contributed by atoms with Gasteiger partial charge in [-0.1, -0.05) is 36.6 Å². The fourth-order valence-electron chi connectivity index (χ4n) is 3.96. The van der Waals surface area contributed by atoms with Gasteiger partial charge in [-0.3, -0.25) is 14.3 Å². The second-order valence-electron chi connectivity index (χ2n) is 7.64. The van der Waals surface area contributed by atoms with Crippen LogP contribution in [0.15, 0.2) is 61.2 Å². The highest BCUT2D eigenvalue weighted by Crippen LogP contribution is 2.25. The van der Waals surface area contributed by atoms with E-state index < -0.39 is 0 Å². The Morgan fingerprint density at radius 1 is 0.933 bits per heavy atom. The lowest BCUT2D eigenvalue weighted by Crippen LogP contribution is -2.38. The quantitative estimate of drug-likeness (QED) is 0.643. The Bertz CT molecular complexity index is 933. The minimum Gasteiger partial charge on any atom is -0.350 e. The number of likely N-dealkylation sites (tertiary alicyclic amines) is 1. The second kappa shape index (κ2) is 9.87. The highest BCUT2D eigenvalue weighted by atomic mass is 35.5. The van der Waals surface area contributed by atoms with E-state index in [-0.39, 0.29) is 11.9 Å². The summed E-state index contributed by atoms with van der Waals surface area (Å²) in [5.74, 6) is -0.0703. The van der Waals surface area contributed by atoms with Crippen molar-refractivity contribution in [3.8, 4) is 5.69 Å². The van der Waals surface area contributed by atoms with Crippen LogP contribution in [0.1, 0.15) is 47.6 Å². The Morgan fingerprint density at radius 3 is 2.20 bits per heavy atom.